The SMILES string of the molecule is CCc1nccn1CCOCCCOC. The van der Waals surface area contributed by atoms with E-state index in [0.29, 0.717) is 0 Å². The van der Waals surface area contributed by atoms with E-state index >= 15 is 0 Å². The molecule has 1 rings (SSSR count). The Morgan fingerprint density at radius 1 is 1.33 bits per heavy atom. The van der Waals surface area contributed by atoms with Crippen LogP contribution in [0.15, 0.2) is 12.4 Å². The fraction of sp³-hybridized carbons (Fsp3) is 0.727. The first kappa shape index (κ1) is 12.2. The highest BCUT2D eigenvalue weighted by Gasteiger charge is 1.98. The van der Waals surface area contributed by atoms with Crippen LogP contribution in [0, 0.1) is 0 Å². The average molecular weight is 212 g/mol. The maximum Gasteiger partial charge on any atom is 0.108 e. The smallest absolute Gasteiger partial charge is 0.108 e. The van der Waals surface area contributed by atoms with Gasteiger partial charge in [-0.25, -0.2) is 4.98 Å². The van der Waals surface area contributed by atoms with Crippen molar-refractivity contribution in [1.29, 1.82) is 0 Å². The lowest BCUT2D eigenvalue weighted by atomic mass is 10.4. The fourth-order valence-electron chi connectivity index (χ4n) is 1.43. The molecule has 1 aromatic rings. The zero-order chi connectivity index (χ0) is 10.9. The molecule has 0 aliphatic rings. The number of hydrogen-bond donors (Lipinski definition) is 0. The van der Waals surface area contributed by atoms with Crippen LogP contribution >= 0.6 is 0 Å². The van der Waals surface area contributed by atoms with Gasteiger partial charge in [-0.3, -0.25) is 0 Å². The summed E-state index contributed by atoms with van der Waals surface area (Å²) in [6.45, 7) is 5.27. The Hall–Kier alpha value is -0.870. The highest BCUT2D eigenvalue weighted by atomic mass is 16.5. The largest absolute Gasteiger partial charge is 0.385 e. The molecular weight excluding hydrogens is 192 g/mol. The van der Waals surface area contributed by atoms with Crippen LogP contribution in [0.1, 0.15) is 19.2 Å². The molecule has 0 fully saturated rings. The summed E-state index contributed by atoms with van der Waals surface area (Å²) in [4.78, 5) is 4.25. The predicted octanol–water partition coefficient (Wildman–Crippen LogP) is 1.50. The van der Waals surface area contributed by atoms with E-state index in [-0.39, 0.29) is 0 Å². The zero-order valence-electron chi connectivity index (χ0n) is 9.61. The molecule has 4 heteroatoms. The van der Waals surface area contributed by atoms with E-state index < -0.39 is 0 Å². The second kappa shape index (κ2) is 7.43. The molecule has 1 aromatic heterocycles. The monoisotopic (exact) mass is 212 g/mol. The second-order valence-corrected chi connectivity index (χ2v) is 3.35. The molecule has 0 aliphatic heterocycles. The summed E-state index contributed by atoms with van der Waals surface area (Å²) in [5.41, 5.74) is 0. The van der Waals surface area contributed by atoms with Gasteiger partial charge in [-0.1, -0.05) is 6.92 Å². The Morgan fingerprint density at radius 2 is 2.20 bits per heavy atom. The van der Waals surface area contributed by atoms with Crippen LogP contribution in [0.5, 0.6) is 0 Å². The molecule has 0 aliphatic carbocycles. The molecule has 0 saturated heterocycles. The number of nitrogens with zero attached hydrogens (tertiary/aromatic N) is 2. The first-order chi connectivity index (χ1) is 7.38. The summed E-state index contributed by atoms with van der Waals surface area (Å²) in [6, 6.07) is 0. The summed E-state index contributed by atoms with van der Waals surface area (Å²) in [5, 5.41) is 0. The van der Waals surface area contributed by atoms with Crippen LogP contribution in [0.2, 0.25) is 0 Å². The van der Waals surface area contributed by atoms with Crippen molar-refractivity contribution in [3.63, 3.8) is 0 Å². The first-order valence-electron chi connectivity index (χ1n) is 5.45. The van der Waals surface area contributed by atoms with E-state index in [4.69, 9.17) is 9.47 Å². The average Bonchev–Trinajstić information content (AvgIpc) is 2.70. The molecule has 0 unspecified atom stereocenters. The van der Waals surface area contributed by atoms with Gasteiger partial charge in [0.1, 0.15) is 5.82 Å². The Labute approximate surface area is 91.2 Å². The third-order valence-electron chi connectivity index (χ3n) is 2.23. The summed E-state index contributed by atoms with van der Waals surface area (Å²) >= 11 is 0. The van der Waals surface area contributed by atoms with Crippen molar-refractivity contribution in [3.8, 4) is 0 Å². The van der Waals surface area contributed by atoms with E-state index in [1.807, 2.05) is 12.4 Å². The van der Waals surface area contributed by atoms with Crippen molar-refractivity contribution in [3.05, 3.63) is 18.2 Å². The van der Waals surface area contributed by atoms with Crippen molar-refractivity contribution in [2.75, 3.05) is 26.9 Å². The number of hydrogen-bond acceptors (Lipinski definition) is 3. The lowest BCUT2D eigenvalue weighted by Crippen LogP contribution is -2.09. The molecule has 0 saturated carbocycles. The van der Waals surface area contributed by atoms with Gasteiger partial charge in [-0.05, 0) is 6.42 Å². The normalized spacial score (nSPS) is 10.8. The lowest BCUT2D eigenvalue weighted by molar-refractivity contribution is 0.0973. The topological polar surface area (TPSA) is 36.3 Å². The minimum absolute atomic E-state index is 0.743. The van der Waals surface area contributed by atoms with E-state index in [9.17, 15) is 0 Å². The number of ether oxygens (including phenoxy) is 2. The number of rotatable bonds is 8. The Bertz CT molecular complexity index is 261. The molecule has 0 aromatic carbocycles. The molecule has 86 valence electrons. The predicted molar refractivity (Wildman–Crippen MR) is 58.9 cm³/mol. The van der Waals surface area contributed by atoms with Crippen LogP contribution in [-0.4, -0.2) is 36.5 Å². The zero-order valence-corrected chi connectivity index (χ0v) is 9.61. The highest BCUT2D eigenvalue weighted by Crippen LogP contribution is 1.98. The van der Waals surface area contributed by atoms with E-state index in [1.54, 1.807) is 7.11 Å². The molecule has 15 heavy (non-hydrogen) atoms. The summed E-state index contributed by atoms with van der Waals surface area (Å²) in [6.07, 6.45) is 5.76. The fourth-order valence-corrected chi connectivity index (χ4v) is 1.43. The second-order valence-electron chi connectivity index (χ2n) is 3.35. The maximum absolute atomic E-state index is 5.48. The minimum Gasteiger partial charge on any atom is -0.385 e. The molecule has 0 radical (unpaired) electrons. The Kier molecular flexibility index (Phi) is 6.04. The van der Waals surface area contributed by atoms with Gasteiger partial charge in [-0.2, -0.15) is 0 Å². The molecule has 0 atom stereocenters. The quantitative estimate of drug-likeness (QED) is 0.613. The van der Waals surface area contributed by atoms with Crippen molar-refractivity contribution in [2.24, 2.45) is 0 Å². The third kappa shape index (κ3) is 4.44. The van der Waals surface area contributed by atoms with Gasteiger partial charge < -0.3 is 14.0 Å². The number of methoxy groups -OCH3 is 1. The Balaban J connectivity index is 2.09. The molecular formula is C11H20N2O2. The van der Waals surface area contributed by atoms with Crippen LogP contribution in [0.25, 0.3) is 0 Å². The van der Waals surface area contributed by atoms with Crippen molar-refractivity contribution in [2.45, 2.75) is 26.3 Å². The van der Waals surface area contributed by atoms with Crippen molar-refractivity contribution in [1.82, 2.24) is 9.55 Å². The van der Waals surface area contributed by atoms with E-state index in [0.717, 1.165) is 45.0 Å². The number of aromatic nitrogens is 2. The van der Waals surface area contributed by atoms with Crippen molar-refractivity contribution < 1.29 is 9.47 Å². The molecule has 4 nitrogen and oxygen atoms in total. The number of aryl methyl sites for hydroxylation is 1. The third-order valence-corrected chi connectivity index (χ3v) is 2.23. The molecule has 0 bridgehead atoms. The van der Waals surface area contributed by atoms with Crippen LogP contribution < -0.4 is 0 Å². The van der Waals surface area contributed by atoms with Crippen molar-refractivity contribution >= 4 is 0 Å². The minimum atomic E-state index is 0.743. The van der Waals surface area contributed by atoms with Gasteiger partial charge >= 0.3 is 0 Å². The molecule has 0 spiro atoms. The van der Waals surface area contributed by atoms with Crippen LogP contribution in [0.4, 0.5) is 0 Å². The van der Waals surface area contributed by atoms with Gasteiger partial charge in [0.15, 0.2) is 0 Å². The standard InChI is InChI=1S/C11H20N2O2/c1-3-11-12-5-6-13(11)7-10-15-9-4-8-14-2/h5-6H,3-4,7-10H2,1-2H3. The number of imidazole rings is 1. The van der Waals surface area contributed by atoms with Gasteiger partial charge in [0.05, 0.1) is 6.61 Å². The highest BCUT2D eigenvalue weighted by molar-refractivity contribution is 4.91. The maximum atomic E-state index is 5.48. The molecule has 1 heterocycles. The summed E-state index contributed by atoms with van der Waals surface area (Å²) in [7, 11) is 1.71. The molecule has 0 N–H and O–H groups in total. The first-order valence-corrected chi connectivity index (χ1v) is 5.45. The van der Waals surface area contributed by atoms with Crippen LogP contribution in [-0.2, 0) is 22.4 Å². The van der Waals surface area contributed by atoms with Crippen LogP contribution in [0.3, 0.4) is 0 Å². The van der Waals surface area contributed by atoms with Gasteiger partial charge in [-0.15, -0.1) is 0 Å². The van der Waals surface area contributed by atoms with Gasteiger partial charge in [0.2, 0.25) is 0 Å². The Morgan fingerprint density at radius 3 is 2.93 bits per heavy atom. The van der Waals surface area contributed by atoms with E-state index in [1.165, 1.54) is 0 Å². The summed E-state index contributed by atoms with van der Waals surface area (Å²) < 4.78 is 12.6. The van der Waals surface area contributed by atoms with E-state index in [2.05, 4.69) is 16.5 Å². The van der Waals surface area contributed by atoms with Gasteiger partial charge in [0, 0.05) is 45.7 Å². The van der Waals surface area contributed by atoms with Gasteiger partial charge in [0.25, 0.3) is 0 Å². The molecule has 0 amide bonds. The summed E-state index contributed by atoms with van der Waals surface area (Å²) in [5.74, 6) is 1.12. The lowest BCUT2D eigenvalue weighted by Gasteiger charge is -2.07.